The molecule has 1 amide bonds. The SMILES string of the molecule is Cc1ccc2nc3c(n2c1)[C@@H](c1coc(C(C)C)n1)CC(=O)NC3. The Bertz CT molecular complexity index is 922. The maximum atomic E-state index is 12.2. The van der Waals surface area contributed by atoms with Gasteiger partial charge in [0.15, 0.2) is 5.89 Å². The number of amides is 1. The van der Waals surface area contributed by atoms with E-state index in [2.05, 4.69) is 20.9 Å². The van der Waals surface area contributed by atoms with E-state index in [1.165, 1.54) is 0 Å². The Morgan fingerprint density at radius 3 is 2.92 bits per heavy atom. The summed E-state index contributed by atoms with van der Waals surface area (Å²) >= 11 is 0. The van der Waals surface area contributed by atoms with Crippen molar-refractivity contribution in [2.24, 2.45) is 0 Å². The number of pyridine rings is 1. The minimum Gasteiger partial charge on any atom is -0.448 e. The summed E-state index contributed by atoms with van der Waals surface area (Å²) in [7, 11) is 0. The van der Waals surface area contributed by atoms with Gasteiger partial charge in [-0.1, -0.05) is 19.9 Å². The van der Waals surface area contributed by atoms with Gasteiger partial charge in [0.1, 0.15) is 11.9 Å². The number of imidazole rings is 1. The van der Waals surface area contributed by atoms with Crippen LogP contribution in [0, 0.1) is 6.92 Å². The summed E-state index contributed by atoms with van der Waals surface area (Å²) < 4.78 is 7.69. The first-order chi connectivity index (χ1) is 11.5. The molecule has 1 atom stereocenters. The van der Waals surface area contributed by atoms with Gasteiger partial charge in [-0.25, -0.2) is 9.97 Å². The van der Waals surface area contributed by atoms with Gasteiger partial charge < -0.3 is 14.1 Å². The number of carbonyl (C=O) groups excluding carboxylic acids is 1. The molecule has 1 aliphatic heterocycles. The lowest BCUT2D eigenvalue weighted by molar-refractivity contribution is -0.121. The van der Waals surface area contributed by atoms with Gasteiger partial charge in [0.2, 0.25) is 5.91 Å². The molecule has 0 unspecified atom stereocenters. The number of rotatable bonds is 2. The summed E-state index contributed by atoms with van der Waals surface area (Å²) in [6, 6.07) is 4.05. The zero-order valence-corrected chi connectivity index (χ0v) is 14.0. The number of aromatic nitrogens is 3. The van der Waals surface area contributed by atoms with Crippen LogP contribution in [-0.2, 0) is 11.3 Å². The van der Waals surface area contributed by atoms with Crippen LogP contribution in [0.15, 0.2) is 29.0 Å². The Labute approximate surface area is 139 Å². The lowest BCUT2D eigenvalue weighted by Gasteiger charge is -2.12. The van der Waals surface area contributed by atoms with Gasteiger partial charge in [0.25, 0.3) is 0 Å². The molecule has 0 bridgehead atoms. The van der Waals surface area contributed by atoms with Crippen LogP contribution in [0.1, 0.15) is 60.6 Å². The van der Waals surface area contributed by atoms with E-state index in [0.717, 1.165) is 28.3 Å². The first-order valence-corrected chi connectivity index (χ1v) is 8.22. The second kappa shape index (κ2) is 5.47. The average molecular weight is 324 g/mol. The van der Waals surface area contributed by atoms with Crippen molar-refractivity contribution in [2.45, 2.75) is 45.6 Å². The van der Waals surface area contributed by atoms with Crippen molar-refractivity contribution < 1.29 is 9.21 Å². The fourth-order valence-electron chi connectivity index (χ4n) is 3.22. The summed E-state index contributed by atoms with van der Waals surface area (Å²) in [5.41, 5.74) is 4.74. The number of hydrogen-bond donors (Lipinski definition) is 1. The summed E-state index contributed by atoms with van der Waals surface area (Å²) in [5.74, 6) is 0.757. The van der Waals surface area contributed by atoms with Crippen LogP contribution in [0.4, 0.5) is 0 Å². The van der Waals surface area contributed by atoms with Crippen molar-refractivity contribution in [1.82, 2.24) is 19.7 Å². The first-order valence-electron chi connectivity index (χ1n) is 8.22. The molecule has 0 aromatic carbocycles. The van der Waals surface area contributed by atoms with Gasteiger partial charge in [0, 0.05) is 18.5 Å². The molecule has 0 radical (unpaired) electrons. The highest BCUT2D eigenvalue weighted by atomic mass is 16.3. The van der Waals surface area contributed by atoms with Gasteiger partial charge in [-0.15, -0.1) is 0 Å². The monoisotopic (exact) mass is 324 g/mol. The van der Waals surface area contributed by atoms with Crippen LogP contribution in [0.25, 0.3) is 5.65 Å². The molecule has 6 nitrogen and oxygen atoms in total. The van der Waals surface area contributed by atoms with Crippen molar-refractivity contribution in [3.63, 3.8) is 0 Å². The van der Waals surface area contributed by atoms with E-state index in [0.29, 0.717) is 18.9 Å². The summed E-state index contributed by atoms with van der Waals surface area (Å²) in [4.78, 5) is 21.5. The topological polar surface area (TPSA) is 72.4 Å². The first kappa shape index (κ1) is 14.9. The molecule has 0 saturated heterocycles. The highest BCUT2D eigenvalue weighted by Gasteiger charge is 2.31. The molecule has 1 aliphatic rings. The zero-order valence-electron chi connectivity index (χ0n) is 14.0. The number of aryl methyl sites for hydroxylation is 1. The molecule has 0 aliphatic carbocycles. The van der Waals surface area contributed by atoms with Crippen LogP contribution >= 0.6 is 0 Å². The van der Waals surface area contributed by atoms with E-state index in [9.17, 15) is 4.79 Å². The number of hydrogen-bond acceptors (Lipinski definition) is 4. The molecule has 3 aromatic heterocycles. The van der Waals surface area contributed by atoms with Crippen molar-refractivity contribution in [1.29, 1.82) is 0 Å². The molecule has 4 heterocycles. The number of oxazole rings is 1. The molecule has 0 saturated carbocycles. The fourth-order valence-corrected chi connectivity index (χ4v) is 3.22. The fraction of sp³-hybridized carbons (Fsp3) is 0.389. The quantitative estimate of drug-likeness (QED) is 0.787. The van der Waals surface area contributed by atoms with E-state index in [1.54, 1.807) is 6.26 Å². The normalized spacial score (nSPS) is 17.8. The Kier molecular flexibility index (Phi) is 3.40. The highest BCUT2D eigenvalue weighted by Crippen LogP contribution is 2.33. The van der Waals surface area contributed by atoms with E-state index in [4.69, 9.17) is 9.40 Å². The summed E-state index contributed by atoms with van der Waals surface area (Å²) in [6.45, 7) is 6.57. The summed E-state index contributed by atoms with van der Waals surface area (Å²) in [6.07, 6.45) is 4.09. The zero-order chi connectivity index (χ0) is 16.8. The standard InChI is InChI=1S/C18H20N4O2/c1-10(2)18-21-14(9-24-18)12-6-16(23)19-7-13-17(12)22-8-11(3)4-5-15(22)20-13/h4-5,8-10,12H,6-7H2,1-3H3,(H,19,23)/t12-/m1/s1. The van der Waals surface area contributed by atoms with E-state index in [-0.39, 0.29) is 17.7 Å². The van der Waals surface area contributed by atoms with Crippen molar-refractivity contribution in [3.05, 3.63) is 53.1 Å². The second-order valence-electron chi connectivity index (χ2n) is 6.68. The van der Waals surface area contributed by atoms with Crippen molar-refractivity contribution in [3.8, 4) is 0 Å². The predicted molar refractivity (Wildman–Crippen MR) is 88.8 cm³/mol. The number of nitrogens with one attached hydrogen (secondary N) is 1. The van der Waals surface area contributed by atoms with Crippen LogP contribution in [0.2, 0.25) is 0 Å². The third-order valence-electron chi connectivity index (χ3n) is 4.44. The maximum Gasteiger partial charge on any atom is 0.221 e. The Balaban J connectivity index is 1.91. The molecule has 1 N–H and O–H groups in total. The highest BCUT2D eigenvalue weighted by molar-refractivity contribution is 5.78. The van der Waals surface area contributed by atoms with Gasteiger partial charge in [-0.3, -0.25) is 4.79 Å². The van der Waals surface area contributed by atoms with Gasteiger partial charge in [-0.2, -0.15) is 0 Å². The molecule has 4 rings (SSSR count). The van der Waals surface area contributed by atoms with Crippen LogP contribution in [0.5, 0.6) is 0 Å². The van der Waals surface area contributed by atoms with E-state index < -0.39 is 0 Å². The summed E-state index contributed by atoms with van der Waals surface area (Å²) in [5, 5.41) is 2.93. The molecule has 0 spiro atoms. The van der Waals surface area contributed by atoms with E-state index in [1.807, 2.05) is 32.9 Å². The molecular weight excluding hydrogens is 304 g/mol. The van der Waals surface area contributed by atoms with E-state index >= 15 is 0 Å². The van der Waals surface area contributed by atoms with Gasteiger partial charge in [0.05, 0.1) is 29.5 Å². The third-order valence-corrected chi connectivity index (χ3v) is 4.44. The number of carbonyl (C=O) groups is 1. The molecule has 0 fully saturated rings. The largest absolute Gasteiger partial charge is 0.448 e. The second-order valence-corrected chi connectivity index (χ2v) is 6.68. The van der Waals surface area contributed by atoms with Gasteiger partial charge in [-0.05, 0) is 18.6 Å². The van der Waals surface area contributed by atoms with Crippen LogP contribution < -0.4 is 5.32 Å². The number of fused-ring (bicyclic) bond motifs is 3. The smallest absolute Gasteiger partial charge is 0.221 e. The van der Waals surface area contributed by atoms with Crippen LogP contribution in [0.3, 0.4) is 0 Å². The molecular formula is C18H20N4O2. The Morgan fingerprint density at radius 1 is 1.33 bits per heavy atom. The Morgan fingerprint density at radius 2 is 2.17 bits per heavy atom. The van der Waals surface area contributed by atoms with Crippen molar-refractivity contribution >= 4 is 11.6 Å². The molecule has 3 aromatic rings. The minimum atomic E-state index is -0.157. The third kappa shape index (κ3) is 2.38. The van der Waals surface area contributed by atoms with Gasteiger partial charge >= 0.3 is 0 Å². The lowest BCUT2D eigenvalue weighted by Crippen LogP contribution is -2.21. The minimum absolute atomic E-state index is 0.00787. The predicted octanol–water partition coefficient (Wildman–Crippen LogP) is 2.91. The molecule has 24 heavy (non-hydrogen) atoms. The molecule has 6 heteroatoms. The number of nitrogens with zero attached hydrogens (tertiary/aromatic N) is 3. The lowest BCUT2D eigenvalue weighted by atomic mass is 9.97. The van der Waals surface area contributed by atoms with Crippen LogP contribution in [-0.4, -0.2) is 20.3 Å². The maximum absolute atomic E-state index is 12.2. The Hall–Kier alpha value is -2.63. The van der Waals surface area contributed by atoms with Crippen molar-refractivity contribution in [2.75, 3.05) is 0 Å². The molecule has 124 valence electrons. The average Bonchev–Trinajstić information content (AvgIpc) is 3.12.